The van der Waals surface area contributed by atoms with E-state index in [0.29, 0.717) is 12.1 Å². The molecular formula is C18H38N2. The van der Waals surface area contributed by atoms with Crippen LogP contribution >= 0.6 is 0 Å². The molecule has 2 heteroatoms. The minimum absolute atomic E-state index is 0.648. The topological polar surface area (TPSA) is 15.3 Å². The molecule has 0 aromatic carbocycles. The second-order valence-electron chi connectivity index (χ2n) is 7.73. The van der Waals surface area contributed by atoms with Gasteiger partial charge >= 0.3 is 0 Å². The molecule has 3 unspecified atom stereocenters. The molecule has 0 radical (unpaired) electrons. The van der Waals surface area contributed by atoms with E-state index in [1.807, 2.05) is 0 Å². The van der Waals surface area contributed by atoms with Crippen LogP contribution in [0.4, 0.5) is 0 Å². The van der Waals surface area contributed by atoms with Crippen molar-refractivity contribution in [3.05, 3.63) is 0 Å². The smallest absolute Gasteiger partial charge is 0.0254 e. The van der Waals surface area contributed by atoms with E-state index in [9.17, 15) is 0 Å². The standard InChI is InChI=1S/C18H38N2/c1-8-19-17-10-9-16(14(4)5)11-18(17)20(15(6)7)12-13(2)3/h13-19H,8-12H2,1-7H3. The Morgan fingerprint density at radius 1 is 1.05 bits per heavy atom. The molecule has 1 saturated carbocycles. The van der Waals surface area contributed by atoms with E-state index in [0.717, 1.165) is 30.3 Å². The Labute approximate surface area is 127 Å². The third-order valence-electron chi connectivity index (χ3n) is 4.93. The molecule has 20 heavy (non-hydrogen) atoms. The highest BCUT2D eigenvalue weighted by Gasteiger charge is 2.35. The minimum Gasteiger partial charge on any atom is -0.313 e. The maximum absolute atomic E-state index is 3.76. The lowest BCUT2D eigenvalue weighted by Gasteiger charge is -2.46. The molecule has 2 nitrogen and oxygen atoms in total. The molecule has 1 rings (SSSR count). The van der Waals surface area contributed by atoms with Crippen molar-refractivity contribution in [3.63, 3.8) is 0 Å². The van der Waals surface area contributed by atoms with E-state index < -0.39 is 0 Å². The Bertz CT molecular complexity index is 260. The molecule has 1 aliphatic rings. The average Bonchev–Trinajstić information content (AvgIpc) is 2.36. The van der Waals surface area contributed by atoms with Crippen LogP contribution < -0.4 is 5.32 Å². The second kappa shape index (κ2) is 8.38. The monoisotopic (exact) mass is 282 g/mol. The molecule has 1 N–H and O–H groups in total. The fraction of sp³-hybridized carbons (Fsp3) is 1.00. The zero-order valence-corrected chi connectivity index (χ0v) is 14.9. The molecule has 1 aliphatic carbocycles. The van der Waals surface area contributed by atoms with Crippen molar-refractivity contribution < 1.29 is 0 Å². The van der Waals surface area contributed by atoms with Crippen molar-refractivity contribution in [3.8, 4) is 0 Å². The van der Waals surface area contributed by atoms with Crippen LogP contribution in [0.1, 0.15) is 67.7 Å². The van der Waals surface area contributed by atoms with Crippen molar-refractivity contribution in [2.45, 2.75) is 85.9 Å². The van der Waals surface area contributed by atoms with Crippen molar-refractivity contribution in [1.82, 2.24) is 10.2 Å². The summed E-state index contributed by atoms with van der Waals surface area (Å²) in [7, 11) is 0. The Kier molecular flexibility index (Phi) is 7.53. The van der Waals surface area contributed by atoms with Gasteiger partial charge in [-0.25, -0.2) is 0 Å². The molecule has 1 fully saturated rings. The molecule has 0 aliphatic heterocycles. The SMILES string of the molecule is CCNC1CCC(C(C)C)CC1N(CC(C)C)C(C)C. The molecule has 0 aromatic heterocycles. The number of nitrogens with zero attached hydrogens (tertiary/aromatic N) is 1. The molecular weight excluding hydrogens is 244 g/mol. The Morgan fingerprint density at radius 2 is 1.70 bits per heavy atom. The van der Waals surface area contributed by atoms with Gasteiger partial charge in [-0.2, -0.15) is 0 Å². The zero-order valence-electron chi connectivity index (χ0n) is 14.9. The lowest BCUT2D eigenvalue weighted by molar-refractivity contribution is 0.0519. The van der Waals surface area contributed by atoms with E-state index in [2.05, 4.69) is 58.7 Å². The van der Waals surface area contributed by atoms with Gasteiger partial charge in [0.15, 0.2) is 0 Å². The Morgan fingerprint density at radius 3 is 2.15 bits per heavy atom. The van der Waals surface area contributed by atoms with Crippen LogP contribution in [0.3, 0.4) is 0 Å². The maximum atomic E-state index is 3.76. The first-order chi connectivity index (χ1) is 9.36. The quantitative estimate of drug-likeness (QED) is 0.754. The van der Waals surface area contributed by atoms with E-state index in [1.165, 1.54) is 25.8 Å². The Hall–Kier alpha value is -0.0800. The van der Waals surface area contributed by atoms with Crippen molar-refractivity contribution in [2.75, 3.05) is 13.1 Å². The first-order valence-electron chi connectivity index (χ1n) is 8.85. The van der Waals surface area contributed by atoms with Gasteiger partial charge < -0.3 is 5.32 Å². The summed E-state index contributed by atoms with van der Waals surface area (Å²) in [5, 5.41) is 3.76. The van der Waals surface area contributed by atoms with Crippen LogP contribution in [0.25, 0.3) is 0 Å². The molecule has 0 amide bonds. The number of likely N-dealkylation sites (N-methyl/N-ethyl adjacent to an activating group) is 1. The highest BCUT2D eigenvalue weighted by molar-refractivity contribution is 4.93. The van der Waals surface area contributed by atoms with Gasteiger partial charge in [0.25, 0.3) is 0 Å². The number of nitrogens with one attached hydrogen (secondary N) is 1. The summed E-state index contributed by atoms with van der Waals surface area (Å²) in [6.45, 7) is 18.8. The van der Waals surface area contributed by atoms with Gasteiger partial charge in [0, 0.05) is 24.7 Å². The lowest BCUT2D eigenvalue weighted by Crippen LogP contribution is -2.56. The summed E-state index contributed by atoms with van der Waals surface area (Å²) in [5.74, 6) is 2.48. The van der Waals surface area contributed by atoms with E-state index >= 15 is 0 Å². The minimum atomic E-state index is 0.648. The van der Waals surface area contributed by atoms with Crippen molar-refractivity contribution in [2.24, 2.45) is 17.8 Å². The molecule has 3 atom stereocenters. The van der Waals surface area contributed by atoms with E-state index in [1.54, 1.807) is 0 Å². The summed E-state index contributed by atoms with van der Waals surface area (Å²) in [5.41, 5.74) is 0. The van der Waals surface area contributed by atoms with Gasteiger partial charge in [-0.3, -0.25) is 4.90 Å². The first kappa shape index (κ1) is 18.0. The fourth-order valence-electron chi connectivity index (χ4n) is 3.80. The summed E-state index contributed by atoms with van der Waals surface area (Å²) in [6.07, 6.45) is 4.13. The van der Waals surface area contributed by atoms with E-state index in [4.69, 9.17) is 0 Å². The van der Waals surface area contributed by atoms with Crippen LogP contribution in [-0.4, -0.2) is 36.1 Å². The van der Waals surface area contributed by atoms with Crippen LogP contribution in [0.2, 0.25) is 0 Å². The van der Waals surface area contributed by atoms with Crippen LogP contribution in [0, 0.1) is 17.8 Å². The molecule has 0 heterocycles. The molecule has 0 spiro atoms. The first-order valence-corrected chi connectivity index (χ1v) is 8.85. The molecule has 0 aromatic rings. The summed E-state index contributed by atoms with van der Waals surface area (Å²) >= 11 is 0. The third kappa shape index (κ3) is 5.04. The summed E-state index contributed by atoms with van der Waals surface area (Å²) in [6, 6.07) is 2.06. The van der Waals surface area contributed by atoms with Gasteiger partial charge in [0.05, 0.1) is 0 Å². The maximum Gasteiger partial charge on any atom is 0.0254 e. The van der Waals surface area contributed by atoms with Gasteiger partial charge in [-0.05, 0) is 57.4 Å². The average molecular weight is 283 g/mol. The van der Waals surface area contributed by atoms with Gasteiger partial charge in [-0.15, -0.1) is 0 Å². The predicted molar refractivity (Wildman–Crippen MR) is 90.1 cm³/mol. The lowest BCUT2D eigenvalue weighted by atomic mass is 9.76. The second-order valence-corrected chi connectivity index (χ2v) is 7.73. The summed E-state index contributed by atoms with van der Waals surface area (Å²) < 4.78 is 0. The van der Waals surface area contributed by atoms with Crippen molar-refractivity contribution >= 4 is 0 Å². The molecule has 0 saturated heterocycles. The number of rotatable bonds is 7. The Balaban J connectivity index is 2.84. The molecule has 120 valence electrons. The largest absolute Gasteiger partial charge is 0.313 e. The van der Waals surface area contributed by atoms with Crippen LogP contribution in [0.5, 0.6) is 0 Å². The van der Waals surface area contributed by atoms with Crippen molar-refractivity contribution in [1.29, 1.82) is 0 Å². The normalized spacial score (nSPS) is 28.1. The van der Waals surface area contributed by atoms with Gasteiger partial charge in [-0.1, -0.05) is 34.6 Å². The fourth-order valence-corrected chi connectivity index (χ4v) is 3.80. The highest BCUT2D eigenvalue weighted by atomic mass is 15.2. The van der Waals surface area contributed by atoms with E-state index in [-0.39, 0.29) is 0 Å². The zero-order chi connectivity index (χ0) is 15.3. The van der Waals surface area contributed by atoms with Gasteiger partial charge in [0.1, 0.15) is 0 Å². The van der Waals surface area contributed by atoms with Crippen LogP contribution in [-0.2, 0) is 0 Å². The number of hydrogen-bond donors (Lipinski definition) is 1. The van der Waals surface area contributed by atoms with Gasteiger partial charge in [0.2, 0.25) is 0 Å². The predicted octanol–water partition coefficient (Wildman–Crippen LogP) is 4.16. The molecule has 0 bridgehead atoms. The van der Waals surface area contributed by atoms with Crippen LogP contribution in [0.15, 0.2) is 0 Å². The summed E-state index contributed by atoms with van der Waals surface area (Å²) in [4.78, 5) is 2.77. The highest BCUT2D eigenvalue weighted by Crippen LogP contribution is 2.34. The third-order valence-corrected chi connectivity index (χ3v) is 4.93. The number of hydrogen-bond acceptors (Lipinski definition) is 2.